The van der Waals surface area contributed by atoms with E-state index in [0.29, 0.717) is 15.4 Å². The Morgan fingerprint density at radius 1 is 1.12 bits per heavy atom. The Labute approximate surface area is 293 Å². The van der Waals surface area contributed by atoms with Gasteiger partial charge in [-0.25, -0.2) is 0 Å². The third-order valence-electron chi connectivity index (χ3n) is 8.18. The molecule has 4 aromatic rings. The SMILES string of the molecule is COc1cc(C=O)cc(I)c1OC1C=C(C(=O)NCCO)CC(N(CCc2cc3ccccc3[nH]2)C(=O)c2ccc(C(F)(F)F)cc2)C1O. The van der Waals surface area contributed by atoms with Crippen molar-refractivity contribution in [3.8, 4) is 11.5 Å². The van der Waals surface area contributed by atoms with Gasteiger partial charge in [-0.1, -0.05) is 18.2 Å². The number of rotatable bonds is 12. The standard InChI is InChI=1S/C35H33F3IN3O7/c1-48-30-15-20(19-44)14-26(39)32(30)49-29-18-23(33(46)40-11-13-43)17-28(31(29)45)42(12-10-25-16-22-4-2-3-5-27(22)41-25)34(47)21-6-8-24(9-7-21)35(36,37)38/h2-9,14-16,18-19,28-29,31,41,43,45H,10-13,17H2,1H3,(H,40,46). The zero-order chi connectivity index (χ0) is 35.3. The molecule has 0 saturated carbocycles. The Morgan fingerprint density at radius 2 is 1.86 bits per heavy atom. The summed E-state index contributed by atoms with van der Waals surface area (Å²) < 4.78 is 52.2. The highest BCUT2D eigenvalue weighted by Crippen LogP contribution is 2.37. The molecule has 1 aliphatic carbocycles. The van der Waals surface area contributed by atoms with E-state index in [9.17, 15) is 37.8 Å². The molecule has 2 amide bonds. The number of alkyl halides is 3. The van der Waals surface area contributed by atoms with E-state index in [-0.39, 0.29) is 55.2 Å². The maximum absolute atomic E-state index is 14.2. The minimum atomic E-state index is -4.61. The molecule has 0 spiro atoms. The number of aldehydes is 1. The quantitative estimate of drug-likeness (QED) is 0.118. The van der Waals surface area contributed by atoms with Crippen molar-refractivity contribution < 1.29 is 47.2 Å². The number of H-pyrrole nitrogens is 1. The number of hydrogen-bond acceptors (Lipinski definition) is 7. The van der Waals surface area contributed by atoms with E-state index in [1.807, 2.05) is 52.9 Å². The number of hydrogen-bond donors (Lipinski definition) is 4. The molecule has 3 atom stereocenters. The molecule has 4 N–H and O–H groups in total. The van der Waals surface area contributed by atoms with E-state index >= 15 is 0 Å². The number of nitrogens with one attached hydrogen (secondary N) is 2. The summed E-state index contributed by atoms with van der Waals surface area (Å²) in [7, 11) is 1.38. The molecule has 1 aromatic heterocycles. The van der Waals surface area contributed by atoms with Gasteiger partial charge in [0.15, 0.2) is 11.5 Å². The second-order valence-electron chi connectivity index (χ2n) is 11.4. The zero-order valence-corrected chi connectivity index (χ0v) is 28.3. The van der Waals surface area contributed by atoms with Crippen LogP contribution in [0.25, 0.3) is 10.9 Å². The van der Waals surface area contributed by atoms with Gasteiger partial charge in [-0.15, -0.1) is 0 Å². The number of para-hydroxylation sites is 1. The average molecular weight is 792 g/mol. The van der Waals surface area contributed by atoms with Crippen LogP contribution in [0, 0.1) is 3.57 Å². The molecule has 1 aliphatic rings. The van der Waals surface area contributed by atoms with Crippen LogP contribution in [-0.2, 0) is 17.4 Å². The van der Waals surface area contributed by atoms with Gasteiger partial charge >= 0.3 is 6.18 Å². The zero-order valence-electron chi connectivity index (χ0n) is 26.2. The number of aliphatic hydroxyl groups is 2. The Balaban J connectivity index is 1.54. The fraction of sp³-hybridized carbons (Fsp3) is 0.286. The molecular formula is C35H33F3IN3O7. The number of aromatic nitrogens is 1. The monoisotopic (exact) mass is 791 g/mol. The third-order valence-corrected chi connectivity index (χ3v) is 8.99. The van der Waals surface area contributed by atoms with Crippen molar-refractivity contribution in [2.45, 2.75) is 37.3 Å². The number of aliphatic hydroxyl groups excluding tert-OH is 2. The summed E-state index contributed by atoms with van der Waals surface area (Å²) in [5, 5.41) is 24.7. The number of nitrogens with zero attached hydrogens (tertiary/aromatic N) is 1. The van der Waals surface area contributed by atoms with Crippen molar-refractivity contribution in [1.29, 1.82) is 0 Å². The van der Waals surface area contributed by atoms with E-state index in [4.69, 9.17) is 9.47 Å². The second kappa shape index (κ2) is 15.4. The van der Waals surface area contributed by atoms with Crippen LogP contribution in [0.1, 0.15) is 38.4 Å². The number of methoxy groups -OCH3 is 1. The molecule has 5 rings (SSSR count). The number of halogens is 4. The molecule has 49 heavy (non-hydrogen) atoms. The number of ether oxygens (including phenoxy) is 2. The van der Waals surface area contributed by atoms with Crippen molar-refractivity contribution in [1.82, 2.24) is 15.2 Å². The van der Waals surface area contributed by atoms with E-state index in [0.717, 1.165) is 40.9 Å². The summed E-state index contributed by atoms with van der Waals surface area (Å²) >= 11 is 1.95. The molecule has 0 aliphatic heterocycles. The van der Waals surface area contributed by atoms with Crippen LogP contribution >= 0.6 is 22.6 Å². The first-order valence-corrected chi connectivity index (χ1v) is 16.3. The van der Waals surface area contributed by atoms with Gasteiger partial charge in [0.2, 0.25) is 5.91 Å². The van der Waals surface area contributed by atoms with Crippen LogP contribution in [0.15, 0.2) is 78.4 Å². The molecule has 1 heterocycles. The van der Waals surface area contributed by atoms with E-state index < -0.39 is 41.8 Å². The van der Waals surface area contributed by atoms with Gasteiger partial charge in [0.1, 0.15) is 18.5 Å². The lowest BCUT2D eigenvalue weighted by atomic mass is 9.87. The van der Waals surface area contributed by atoms with Crippen molar-refractivity contribution in [2.24, 2.45) is 0 Å². The molecule has 3 aromatic carbocycles. The Bertz CT molecular complexity index is 1830. The smallest absolute Gasteiger partial charge is 0.416 e. The molecule has 258 valence electrons. The maximum Gasteiger partial charge on any atom is 0.416 e. The van der Waals surface area contributed by atoms with Crippen LogP contribution in [-0.4, -0.2) is 83.3 Å². The van der Waals surface area contributed by atoms with Gasteiger partial charge in [-0.05, 0) is 82.6 Å². The largest absolute Gasteiger partial charge is 0.493 e. The fourth-order valence-corrected chi connectivity index (χ4v) is 6.48. The molecule has 0 saturated heterocycles. The van der Waals surface area contributed by atoms with Crippen LogP contribution in [0.2, 0.25) is 0 Å². The van der Waals surface area contributed by atoms with Crippen molar-refractivity contribution >= 4 is 51.6 Å². The number of amides is 2. The number of benzene rings is 3. The number of fused-ring (bicyclic) bond motifs is 1. The molecule has 0 bridgehead atoms. The highest BCUT2D eigenvalue weighted by molar-refractivity contribution is 14.1. The third kappa shape index (κ3) is 8.25. The number of carbonyl (C=O) groups is 3. The first-order valence-electron chi connectivity index (χ1n) is 15.3. The fourth-order valence-electron chi connectivity index (χ4n) is 5.73. The lowest BCUT2D eigenvalue weighted by Crippen LogP contribution is -2.55. The first-order chi connectivity index (χ1) is 23.4. The lowest BCUT2D eigenvalue weighted by molar-refractivity contribution is -0.137. The maximum atomic E-state index is 14.2. The molecule has 0 radical (unpaired) electrons. The number of carbonyl (C=O) groups excluding carboxylic acids is 3. The topological polar surface area (TPSA) is 141 Å². The first kappa shape index (κ1) is 35.9. The molecule has 14 heteroatoms. The minimum Gasteiger partial charge on any atom is -0.493 e. The lowest BCUT2D eigenvalue weighted by Gasteiger charge is -2.40. The van der Waals surface area contributed by atoms with Gasteiger partial charge in [0.05, 0.1) is 28.9 Å². The van der Waals surface area contributed by atoms with Crippen molar-refractivity contribution in [2.75, 3.05) is 26.8 Å². The van der Waals surface area contributed by atoms with Gasteiger partial charge in [0.25, 0.3) is 5.91 Å². The van der Waals surface area contributed by atoms with E-state index in [2.05, 4.69) is 10.3 Å². The minimum absolute atomic E-state index is 0.0154. The molecule has 0 fully saturated rings. The van der Waals surface area contributed by atoms with E-state index in [1.165, 1.54) is 24.2 Å². The Kier molecular flexibility index (Phi) is 11.3. The molecule has 3 unspecified atom stereocenters. The van der Waals surface area contributed by atoms with Crippen LogP contribution < -0.4 is 14.8 Å². The van der Waals surface area contributed by atoms with Crippen molar-refractivity contribution in [3.05, 3.63) is 104 Å². The number of aromatic amines is 1. The van der Waals surface area contributed by atoms with Gasteiger partial charge in [0, 0.05) is 53.8 Å². The average Bonchev–Trinajstić information content (AvgIpc) is 3.51. The Hall–Kier alpha value is -4.41. The van der Waals surface area contributed by atoms with Crippen LogP contribution in [0.5, 0.6) is 11.5 Å². The summed E-state index contributed by atoms with van der Waals surface area (Å²) in [5.41, 5.74) is 1.16. The normalized spacial score (nSPS) is 17.7. The summed E-state index contributed by atoms with van der Waals surface area (Å²) in [6.07, 6.45) is -5.03. The van der Waals surface area contributed by atoms with E-state index in [1.54, 1.807) is 6.07 Å². The summed E-state index contributed by atoms with van der Waals surface area (Å²) in [4.78, 5) is 43.5. The molecule has 10 nitrogen and oxygen atoms in total. The second-order valence-corrected chi connectivity index (χ2v) is 12.5. The Morgan fingerprint density at radius 3 is 2.51 bits per heavy atom. The van der Waals surface area contributed by atoms with Gasteiger partial charge in [-0.2, -0.15) is 13.2 Å². The predicted molar refractivity (Wildman–Crippen MR) is 183 cm³/mol. The van der Waals surface area contributed by atoms with Gasteiger partial charge in [-0.3, -0.25) is 14.4 Å². The van der Waals surface area contributed by atoms with Crippen molar-refractivity contribution in [3.63, 3.8) is 0 Å². The highest BCUT2D eigenvalue weighted by atomic mass is 127. The summed E-state index contributed by atoms with van der Waals surface area (Å²) in [5.74, 6) is -0.842. The van der Waals surface area contributed by atoms with Crippen LogP contribution in [0.3, 0.4) is 0 Å². The molecular weight excluding hydrogens is 758 g/mol. The summed E-state index contributed by atoms with van der Waals surface area (Å²) in [6.45, 7) is -0.365. The summed E-state index contributed by atoms with van der Waals surface area (Å²) in [6, 6.07) is 15.2. The van der Waals surface area contributed by atoms with Crippen LogP contribution in [0.4, 0.5) is 13.2 Å². The highest BCUT2D eigenvalue weighted by Gasteiger charge is 2.41. The predicted octanol–water partition coefficient (Wildman–Crippen LogP) is 4.91. The van der Waals surface area contributed by atoms with Gasteiger partial charge < -0.3 is 34.9 Å².